The van der Waals surface area contributed by atoms with E-state index in [0.29, 0.717) is 22.6 Å². The fourth-order valence-corrected chi connectivity index (χ4v) is 4.08. The Morgan fingerprint density at radius 1 is 1.23 bits per heavy atom. The number of carbonyl (C=O) groups excluding carboxylic acids is 3. The lowest BCUT2D eigenvalue weighted by atomic mass is 10.1. The summed E-state index contributed by atoms with van der Waals surface area (Å²) in [5.74, 6) is -1.68. The number of aromatic nitrogens is 2. The fraction of sp³-hybridized carbons (Fsp3) is 0.238. The molecule has 3 heterocycles. The molecule has 0 bridgehead atoms. The number of fused-ring (bicyclic) bond motifs is 1. The predicted octanol–water partition coefficient (Wildman–Crippen LogP) is 3.78. The van der Waals surface area contributed by atoms with Crippen LogP contribution in [0, 0.1) is 13.8 Å². The Labute approximate surface area is 177 Å². The highest BCUT2D eigenvalue weighted by molar-refractivity contribution is 7.18. The van der Waals surface area contributed by atoms with Crippen LogP contribution in [0.15, 0.2) is 37.1 Å². The molecule has 1 amide bonds. The molecule has 0 spiro atoms. The summed E-state index contributed by atoms with van der Waals surface area (Å²) in [4.78, 5) is 42.6. The van der Waals surface area contributed by atoms with Gasteiger partial charge in [0.2, 0.25) is 0 Å². The van der Waals surface area contributed by atoms with E-state index in [-0.39, 0.29) is 28.7 Å². The number of nitrogens with zero attached hydrogens (tertiary/aromatic N) is 2. The molecule has 156 valence electrons. The van der Waals surface area contributed by atoms with Gasteiger partial charge in [0.1, 0.15) is 27.8 Å². The van der Waals surface area contributed by atoms with Gasteiger partial charge in [-0.2, -0.15) is 0 Å². The van der Waals surface area contributed by atoms with Crippen LogP contribution in [-0.4, -0.2) is 40.4 Å². The number of rotatable bonds is 7. The SMILES string of the molecule is C=CCOC(=O)c1sc(NC(=O)c2c(C)nc3ccccn23)c(C(=O)OCC)c1C. The van der Waals surface area contributed by atoms with E-state index >= 15 is 0 Å². The molecule has 0 unspecified atom stereocenters. The molecule has 0 aliphatic heterocycles. The van der Waals surface area contributed by atoms with Crippen LogP contribution in [-0.2, 0) is 9.47 Å². The summed E-state index contributed by atoms with van der Waals surface area (Å²) in [6.07, 6.45) is 3.18. The van der Waals surface area contributed by atoms with E-state index < -0.39 is 17.8 Å². The summed E-state index contributed by atoms with van der Waals surface area (Å²) in [6, 6.07) is 5.40. The molecule has 3 aromatic rings. The van der Waals surface area contributed by atoms with E-state index in [2.05, 4.69) is 16.9 Å². The highest BCUT2D eigenvalue weighted by Gasteiger charge is 2.28. The first-order valence-electron chi connectivity index (χ1n) is 9.22. The predicted molar refractivity (Wildman–Crippen MR) is 113 cm³/mol. The Bertz CT molecular complexity index is 1150. The number of carbonyl (C=O) groups is 3. The first-order valence-corrected chi connectivity index (χ1v) is 10.0. The van der Waals surface area contributed by atoms with Crippen molar-refractivity contribution >= 4 is 39.8 Å². The van der Waals surface area contributed by atoms with Crippen molar-refractivity contribution in [3.63, 3.8) is 0 Å². The second kappa shape index (κ2) is 8.91. The molecule has 3 aromatic heterocycles. The van der Waals surface area contributed by atoms with E-state index in [9.17, 15) is 14.4 Å². The van der Waals surface area contributed by atoms with Gasteiger partial charge < -0.3 is 14.8 Å². The number of pyridine rings is 1. The van der Waals surface area contributed by atoms with Gasteiger partial charge in [0, 0.05) is 6.20 Å². The molecule has 30 heavy (non-hydrogen) atoms. The van der Waals surface area contributed by atoms with Crippen LogP contribution in [0.3, 0.4) is 0 Å². The number of nitrogens with one attached hydrogen (secondary N) is 1. The molecule has 0 aliphatic rings. The third kappa shape index (κ3) is 3.97. The van der Waals surface area contributed by atoms with Gasteiger partial charge in [-0.25, -0.2) is 14.6 Å². The highest BCUT2D eigenvalue weighted by atomic mass is 32.1. The maximum atomic E-state index is 13.1. The van der Waals surface area contributed by atoms with Crippen molar-refractivity contribution in [1.82, 2.24) is 9.38 Å². The van der Waals surface area contributed by atoms with Crippen LogP contribution >= 0.6 is 11.3 Å². The summed E-state index contributed by atoms with van der Waals surface area (Å²) in [7, 11) is 0. The largest absolute Gasteiger partial charge is 0.462 e. The summed E-state index contributed by atoms with van der Waals surface area (Å²) < 4.78 is 11.9. The quantitative estimate of drug-likeness (QED) is 0.455. The number of esters is 2. The van der Waals surface area contributed by atoms with Gasteiger partial charge in [-0.1, -0.05) is 18.7 Å². The Kier molecular flexibility index (Phi) is 6.31. The Morgan fingerprint density at radius 2 is 2.00 bits per heavy atom. The van der Waals surface area contributed by atoms with Crippen molar-refractivity contribution in [1.29, 1.82) is 0 Å². The Morgan fingerprint density at radius 3 is 2.70 bits per heavy atom. The molecule has 0 atom stereocenters. The number of imidazole rings is 1. The minimum atomic E-state index is -0.626. The molecule has 3 rings (SSSR count). The number of hydrogen-bond acceptors (Lipinski definition) is 7. The maximum Gasteiger partial charge on any atom is 0.348 e. The minimum absolute atomic E-state index is 0.0353. The number of hydrogen-bond donors (Lipinski definition) is 1. The second-order valence-electron chi connectivity index (χ2n) is 6.30. The molecule has 9 heteroatoms. The molecule has 0 aliphatic carbocycles. The standard InChI is InChI=1S/C21H21N3O5S/c1-5-11-29-21(27)17-12(3)15(20(26)28-6-2)19(30-17)23-18(25)16-13(4)22-14-9-7-8-10-24(14)16/h5,7-10H,1,6,11H2,2-4H3,(H,23,25). The third-order valence-electron chi connectivity index (χ3n) is 4.29. The van der Waals surface area contributed by atoms with Gasteiger partial charge in [0.25, 0.3) is 5.91 Å². The molecular weight excluding hydrogens is 406 g/mol. The summed E-state index contributed by atoms with van der Waals surface area (Å²) in [6.45, 7) is 8.73. The lowest BCUT2D eigenvalue weighted by Crippen LogP contribution is -2.17. The zero-order valence-corrected chi connectivity index (χ0v) is 17.7. The number of aryl methyl sites for hydroxylation is 1. The minimum Gasteiger partial charge on any atom is -0.462 e. The van der Waals surface area contributed by atoms with Crippen molar-refractivity contribution in [3.05, 3.63) is 64.4 Å². The third-order valence-corrected chi connectivity index (χ3v) is 5.48. The first-order chi connectivity index (χ1) is 14.4. The maximum absolute atomic E-state index is 13.1. The van der Waals surface area contributed by atoms with E-state index in [1.807, 2.05) is 6.07 Å². The monoisotopic (exact) mass is 427 g/mol. The van der Waals surface area contributed by atoms with Crippen LogP contribution in [0.25, 0.3) is 5.65 Å². The number of ether oxygens (including phenoxy) is 2. The van der Waals surface area contributed by atoms with E-state index in [0.717, 1.165) is 11.3 Å². The van der Waals surface area contributed by atoms with Crippen LogP contribution in [0.2, 0.25) is 0 Å². The van der Waals surface area contributed by atoms with Gasteiger partial charge in [-0.15, -0.1) is 11.3 Å². The number of amides is 1. The molecule has 0 saturated heterocycles. The normalized spacial score (nSPS) is 10.6. The molecule has 0 radical (unpaired) electrons. The van der Waals surface area contributed by atoms with E-state index in [1.165, 1.54) is 6.08 Å². The van der Waals surface area contributed by atoms with Gasteiger partial charge in [0.05, 0.1) is 17.9 Å². The average molecular weight is 427 g/mol. The van der Waals surface area contributed by atoms with E-state index in [1.54, 1.807) is 43.5 Å². The van der Waals surface area contributed by atoms with Gasteiger partial charge in [0.15, 0.2) is 0 Å². The summed E-state index contributed by atoms with van der Waals surface area (Å²) >= 11 is 0.964. The van der Waals surface area contributed by atoms with Crippen molar-refractivity contribution < 1.29 is 23.9 Å². The lowest BCUT2D eigenvalue weighted by Gasteiger charge is -2.07. The van der Waals surface area contributed by atoms with Crippen molar-refractivity contribution in [3.8, 4) is 0 Å². The lowest BCUT2D eigenvalue weighted by molar-refractivity contribution is 0.0527. The van der Waals surface area contributed by atoms with Gasteiger partial charge in [-0.3, -0.25) is 9.20 Å². The summed E-state index contributed by atoms with van der Waals surface area (Å²) in [5.41, 5.74) is 2.02. The van der Waals surface area contributed by atoms with E-state index in [4.69, 9.17) is 9.47 Å². The summed E-state index contributed by atoms with van der Waals surface area (Å²) in [5, 5.41) is 2.96. The topological polar surface area (TPSA) is 99.0 Å². The zero-order chi connectivity index (χ0) is 21.8. The Balaban J connectivity index is 2.02. The number of anilines is 1. The van der Waals surface area contributed by atoms with Crippen molar-refractivity contribution in [2.75, 3.05) is 18.5 Å². The van der Waals surface area contributed by atoms with Crippen LogP contribution < -0.4 is 5.32 Å². The van der Waals surface area contributed by atoms with Crippen LogP contribution in [0.4, 0.5) is 5.00 Å². The molecule has 0 fully saturated rings. The highest BCUT2D eigenvalue weighted by Crippen LogP contribution is 2.35. The van der Waals surface area contributed by atoms with Crippen LogP contribution in [0.1, 0.15) is 48.7 Å². The van der Waals surface area contributed by atoms with Gasteiger partial charge >= 0.3 is 11.9 Å². The van der Waals surface area contributed by atoms with Gasteiger partial charge in [-0.05, 0) is 38.5 Å². The molecule has 0 aromatic carbocycles. The molecule has 8 nitrogen and oxygen atoms in total. The average Bonchev–Trinajstić information content (AvgIpc) is 3.22. The van der Waals surface area contributed by atoms with Crippen molar-refractivity contribution in [2.24, 2.45) is 0 Å². The fourth-order valence-electron chi connectivity index (χ4n) is 2.99. The van der Waals surface area contributed by atoms with Crippen LogP contribution in [0.5, 0.6) is 0 Å². The second-order valence-corrected chi connectivity index (χ2v) is 7.32. The number of thiophene rings is 1. The van der Waals surface area contributed by atoms with Crippen molar-refractivity contribution in [2.45, 2.75) is 20.8 Å². The first kappa shape index (κ1) is 21.3. The zero-order valence-electron chi connectivity index (χ0n) is 16.9. The molecule has 1 N–H and O–H groups in total. The molecular formula is C21H21N3O5S. The smallest absolute Gasteiger partial charge is 0.348 e. The Hall–Kier alpha value is -3.46. The molecule has 0 saturated carbocycles.